The van der Waals surface area contributed by atoms with Crippen LogP contribution in [0.25, 0.3) is 0 Å². The average Bonchev–Trinajstić information content (AvgIpc) is 3.09. The summed E-state index contributed by atoms with van der Waals surface area (Å²) in [6.45, 7) is 8.23. The number of amides is 2. The highest BCUT2D eigenvalue weighted by atomic mass is 33.1. The largest absolute Gasteiger partial charge is 0.461 e. The summed E-state index contributed by atoms with van der Waals surface area (Å²) < 4.78 is 37.7. The Morgan fingerprint density at radius 2 is 1.44 bits per heavy atom. The lowest BCUT2D eigenvalue weighted by Crippen LogP contribution is -2.33. The Morgan fingerprint density at radius 3 is 2.06 bits per heavy atom. The van der Waals surface area contributed by atoms with E-state index in [0.29, 0.717) is 90.5 Å². The molecule has 1 aromatic rings. The second kappa shape index (κ2) is 28.5. The topological polar surface area (TPSA) is 160 Å². The third kappa shape index (κ3) is 21.6. The minimum atomic E-state index is -0.479. The van der Waals surface area contributed by atoms with E-state index in [4.69, 9.17) is 38.3 Å². The molecule has 15 heteroatoms. The summed E-state index contributed by atoms with van der Waals surface area (Å²) in [6.07, 6.45) is 5.37. The average molecular weight is 717 g/mol. The van der Waals surface area contributed by atoms with E-state index < -0.39 is 6.09 Å². The van der Waals surface area contributed by atoms with Crippen LogP contribution in [-0.4, -0.2) is 119 Å². The second-order valence-corrected chi connectivity index (χ2v) is 13.3. The van der Waals surface area contributed by atoms with Crippen LogP contribution in [0.5, 0.6) is 0 Å². The molecule has 2 rings (SSSR count). The van der Waals surface area contributed by atoms with E-state index in [1.807, 2.05) is 0 Å². The molecule has 48 heavy (non-hydrogen) atoms. The van der Waals surface area contributed by atoms with E-state index in [1.54, 1.807) is 45.9 Å². The first-order chi connectivity index (χ1) is 23.5. The Labute approximate surface area is 291 Å². The fourth-order valence-corrected chi connectivity index (χ4v) is 7.11. The number of aliphatic hydroxyl groups excluding tert-OH is 1. The molecule has 0 bridgehead atoms. The number of hydrogen-bond donors (Lipinski definition) is 3. The van der Waals surface area contributed by atoms with Crippen LogP contribution in [0.1, 0.15) is 44.1 Å². The number of carbonyl (C=O) groups is 3. The summed E-state index contributed by atoms with van der Waals surface area (Å²) in [5.74, 6) is 0.322. The van der Waals surface area contributed by atoms with Gasteiger partial charge in [-0.15, -0.1) is 0 Å². The lowest BCUT2D eigenvalue weighted by molar-refractivity contribution is -0.143. The normalized spacial score (nSPS) is 15.9. The number of esters is 1. The zero-order valence-electron chi connectivity index (χ0n) is 27.7. The van der Waals surface area contributed by atoms with Crippen LogP contribution < -0.4 is 10.6 Å². The summed E-state index contributed by atoms with van der Waals surface area (Å²) >= 11 is 0. The fraction of sp³-hybridized carbons (Fsp3) is 0.667. The van der Waals surface area contributed by atoms with Gasteiger partial charge in [0.1, 0.15) is 12.7 Å². The first-order valence-electron chi connectivity index (χ1n) is 16.4. The van der Waals surface area contributed by atoms with Crippen molar-refractivity contribution < 1.29 is 52.6 Å². The molecule has 0 spiro atoms. The van der Waals surface area contributed by atoms with Crippen molar-refractivity contribution in [3.8, 4) is 0 Å². The van der Waals surface area contributed by atoms with Crippen LogP contribution in [0.15, 0.2) is 36.9 Å². The number of anilines is 1. The Balaban J connectivity index is 1.35. The van der Waals surface area contributed by atoms with Crippen LogP contribution in [0, 0.1) is 0 Å². The van der Waals surface area contributed by atoms with Gasteiger partial charge in [0.25, 0.3) is 0 Å². The molecule has 1 aliphatic carbocycles. The SMILES string of the molecule is C=CCOC(=O)CCOCCOCCOCCOCCOCCNC(=O)CCSS[C@H]1CCCC[C@@H]1OC(=O)Nc1ccc(CO)cc1. The smallest absolute Gasteiger partial charge is 0.411 e. The molecule has 1 fully saturated rings. The first kappa shape index (κ1) is 41.8. The third-order valence-electron chi connectivity index (χ3n) is 6.76. The van der Waals surface area contributed by atoms with Crippen molar-refractivity contribution in [3.63, 3.8) is 0 Å². The van der Waals surface area contributed by atoms with Gasteiger partial charge in [0.15, 0.2) is 0 Å². The third-order valence-corrected chi connectivity index (χ3v) is 9.70. The van der Waals surface area contributed by atoms with Gasteiger partial charge in [0, 0.05) is 24.4 Å². The van der Waals surface area contributed by atoms with Gasteiger partial charge in [-0.2, -0.15) is 0 Å². The molecule has 2 amide bonds. The summed E-state index contributed by atoms with van der Waals surface area (Å²) in [6, 6.07) is 6.98. The molecular weight excluding hydrogens is 664 g/mol. The zero-order valence-corrected chi connectivity index (χ0v) is 29.4. The maximum atomic E-state index is 12.4. The highest BCUT2D eigenvalue weighted by molar-refractivity contribution is 8.77. The van der Waals surface area contributed by atoms with Gasteiger partial charge >= 0.3 is 12.1 Å². The number of hydrogen-bond acceptors (Lipinski definition) is 13. The summed E-state index contributed by atoms with van der Waals surface area (Å²) in [5, 5.41) is 15.0. The number of benzene rings is 1. The number of carbonyl (C=O) groups excluding carboxylic acids is 3. The molecule has 3 N–H and O–H groups in total. The Hall–Kier alpha value is -2.37. The van der Waals surface area contributed by atoms with E-state index in [-0.39, 0.29) is 42.9 Å². The monoisotopic (exact) mass is 716 g/mol. The molecule has 0 unspecified atom stereocenters. The number of aliphatic hydroxyl groups is 1. The standard InChI is InChI=1S/C33H52N2O11S2/c1-2-14-45-32(38)11-15-40-17-19-42-21-23-44-24-22-43-20-18-41-16-13-34-31(37)12-25-47-48-30-6-4-3-5-29(30)46-33(39)35-28-9-7-27(26-36)8-10-28/h2,7-10,29-30,36H,1,3-6,11-26H2,(H,34,37)(H,35,39)/t29-,30-/m0/s1. The van der Waals surface area contributed by atoms with E-state index >= 15 is 0 Å². The van der Waals surface area contributed by atoms with Gasteiger partial charge < -0.3 is 43.6 Å². The highest BCUT2D eigenvalue weighted by Gasteiger charge is 2.29. The molecule has 0 aliphatic heterocycles. The van der Waals surface area contributed by atoms with Crippen LogP contribution in [-0.2, 0) is 49.4 Å². The second-order valence-electron chi connectivity index (χ2n) is 10.5. The minimum absolute atomic E-state index is 0.0267. The Bertz CT molecular complexity index is 1020. The highest BCUT2D eigenvalue weighted by Crippen LogP contribution is 2.38. The van der Waals surface area contributed by atoms with Gasteiger partial charge in [-0.25, -0.2) is 4.79 Å². The molecule has 0 heterocycles. The van der Waals surface area contributed by atoms with Crippen LogP contribution in [0.4, 0.5) is 10.5 Å². The summed E-state index contributed by atoms with van der Waals surface area (Å²) in [4.78, 5) is 35.9. The van der Waals surface area contributed by atoms with Gasteiger partial charge in [0.2, 0.25) is 5.91 Å². The molecule has 1 aliphatic rings. The predicted molar refractivity (Wildman–Crippen MR) is 186 cm³/mol. The fourth-order valence-electron chi connectivity index (χ4n) is 4.27. The molecule has 0 saturated heterocycles. The number of ether oxygens (including phenoxy) is 7. The van der Waals surface area contributed by atoms with Crippen molar-refractivity contribution >= 4 is 45.2 Å². The molecule has 0 aromatic heterocycles. The molecular formula is C33H52N2O11S2. The molecule has 2 atom stereocenters. The van der Waals surface area contributed by atoms with Crippen molar-refractivity contribution in [2.45, 2.75) is 56.5 Å². The van der Waals surface area contributed by atoms with Crippen molar-refractivity contribution in [3.05, 3.63) is 42.5 Å². The summed E-state index contributed by atoms with van der Waals surface area (Å²) in [5.41, 5.74) is 1.39. The Morgan fingerprint density at radius 1 is 0.833 bits per heavy atom. The lowest BCUT2D eigenvalue weighted by atomic mass is 9.97. The van der Waals surface area contributed by atoms with Gasteiger partial charge in [-0.05, 0) is 37.0 Å². The maximum Gasteiger partial charge on any atom is 0.411 e. The quantitative estimate of drug-likeness (QED) is 0.0492. The molecule has 272 valence electrons. The van der Waals surface area contributed by atoms with Crippen LogP contribution >= 0.6 is 21.6 Å². The van der Waals surface area contributed by atoms with E-state index in [1.165, 1.54) is 6.08 Å². The molecule has 0 radical (unpaired) electrons. The Kier molecular flexibility index (Phi) is 24.8. The van der Waals surface area contributed by atoms with Crippen molar-refractivity contribution in [2.75, 3.05) is 90.3 Å². The molecule has 13 nitrogen and oxygen atoms in total. The van der Waals surface area contributed by atoms with Gasteiger partial charge in [-0.1, -0.05) is 52.8 Å². The van der Waals surface area contributed by atoms with E-state index in [9.17, 15) is 14.4 Å². The van der Waals surface area contributed by atoms with Crippen molar-refractivity contribution in [1.29, 1.82) is 0 Å². The van der Waals surface area contributed by atoms with E-state index in [2.05, 4.69) is 17.2 Å². The zero-order chi connectivity index (χ0) is 34.5. The van der Waals surface area contributed by atoms with Crippen LogP contribution in [0.2, 0.25) is 0 Å². The molecule has 1 aromatic carbocycles. The van der Waals surface area contributed by atoms with E-state index in [0.717, 1.165) is 31.2 Å². The van der Waals surface area contributed by atoms with Crippen LogP contribution in [0.3, 0.4) is 0 Å². The number of rotatable bonds is 28. The van der Waals surface area contributed by atoms with Gasteiger partial charge in [0.05, 0.1) is 84.3 Å². The predicted octanol–water partition coefficient (Wildman–Crippen LogP) is 4.13. The van der Waals surface area contributed by atoms with Crippen molar-refractivity contribution in [1.82, 2.24) is 5.32 Å². The number of nitrogens with one attached hydrogen (secondary N) is 2. The minimum Gasteiger partial charge on any atom is -0.461 e. The summed E-state index contributed by atoms with van der Waals surface area (Å²) in [7, 11) is 3.32. The molecule has 1 saturated carbocycles. The van der Waals surface area contributed by atoms with Crippen molar-refractivity contribution in [2.24, 2.45) is 0 Å². The maximum absolute atomic E-state index is 12.4. The van der Waals surface area contributed by atoms with Gasteiger partial charge in [-0.3, -0.25) is 14.9 Å². The lowest BCUT2D eigenvalue weighted by Gasteiger charge is -2.30. The first-order valence-corrected chi connectivity index (χ1v) is 18.8.